The molecular formula is C14H24N2O. The first-order chi connectivity index (χ1) is 8.05. The van der Waals surface area contributed by atoms with Crippen molar-refractivity contribution in [2.45, 2.75) is 32.6 Å². The van der Waals surface area contributed by atoms with Crippen LogP contribution in [-0.2, 0) is 11.8 Å². The molecule has 3 nitrogen and oxygen atoms in total. The highest BCUT2D eigenvalue weighted by atomic mass is 16.5. The molecule has 0 aliphatic carbocycles. The third-order valence-corrected chi connectivity index (χ3v) is 3.15. The van der Waals surface area contributed by atoms with Crippen molar-refractivity contribution in [3.05, 3.63) is 29.3 Å². The normalized spacial score (nSPS) is 11.6. The molecule has 1 aromatic rings. The van der Waals surface area contributed by atoms with Crippen molar-refractivity contribution in [2.24, 2.45) is 5.73 Å². The molecule has 0 aromatic heterocycles. The summed E-state index contributed by atoms with van der Waals surface area (Å²) in [7, 11) is 1.72. The van der Waals surface area contributed by atoms with Crippen molar-refractivity contribution in [1.82, 2.24) is 5.32 Å². The highest BCUT2D eigenvalue weighted by Crippen LogP contribution is 2.28. The number of ether oxygens (including phenoxy) is 1. The maximum atomic E-state index is 5.48. The Labute approximate surface area is 104 Å². The van der Waals surface area contributed by atoms with E-state index in [4.69, 9.17) is 10.5 Å². The molecule has 96 valence electrons. The molecule has 1 rings (SSSR count). The zero-order valence-electron chi connectivity index (χ0n) is 11.3. The van der Waals surface area contributed by atoms with Crippen molar-refractivity contribution < 1.29 is 4.74 Å². The number of aryl methyl sites for hydroxylation is 1. The Morgan fingerprint density at radius 2 is 2.06 bits per heavy atom. The Balaban J connectivity index is 2.98. The van der Waals surface area contributed by atoms with Crippen LogP contribution in [0.5, 0.6) is 5.75 Å². The second kappa shape index (κ2) is 6.03. The summed E-state index contributed by atoms with van der Waals surface area (Å²) < 4.78 is 5.35. The summed E-state index contributed by atoms with van der Waals surface area (Å²) >= 11 is 0. The van der Waals surface area contributed by atoms with Crippen LogP contribution in [-0.4, -0.2) is 20.3 Å². The molecule has 3 heteroatoms. The van der Waals surface area contributed by atoms with Gasteiger partial charge in [0.1, 0.15) is 5.75 Å². The molecule has 0 aliphatic rings. The average Bonchev–Trinajstić information content (AvgIpc) is 2.35. The molecule has 0 saturated heterocycles. The van der Waals surface area contributed by atoms with E-state index in [1.54, 1.807) is 7.11 Å². The summed E-state index contributed by atoms with van der Waals surface area (Å²) in [6.45, 7) is 7.97. The maximum absolute atomic E-state index is 5.48. The minimum atomic E-state index is 0.0789. The van der Waals surface area contributed by atoms with Crippen LogP contribution < -0.4 is 15.8 Å². The number of nitrogens with one attached hydrogen (secondary N) is 1. The molecule has 0 aliphatic heterocycles. The summed E-state index contributed by atoms with van der Waals surface area (Å²) in [5.74, 6) is 0.971. The monoisotopic (exact) mass is 236 g/mol. The van der Waals surface area contributed by atoms with E-state index in [0.29, 0.717) is 6.67 Å². The third kappa shape index (κ3) is 3.45. The van der Waals surface area contributed by atoms with Crippen molar-refractivity contribution in [2.75, 3.05) is 20.3 Å². The van der Waals surface area contributed by atoms with E-state index in [1.165, 1.54) is 11.1 Å². The molecular weight excluding hydrogens is 212 g/mol. The number of benzene rings is 1. The van der Waals surface area contributed by atoms with E-state index in [1.807, 2.05) is 0 Å². The van der Waals surface area contributed by atoms with E-state index in [2.05, 4.69) is 44.3 Å². The topological polar surface area (TPSA) is 47.3 Å². The van der Waals surface area contributed by atoms with Crippen LogP contribution in [0.15, 0.2) is 18.2 Å². The predicted octanol–water partition coefficient (Wildman–Crippen LogP) is 2.04. The van der Waals surface area contributed by atoms with Gasteiger partial charge in [-0.25, -0.2) is 0 Å². The number of nitrogens with two attached hydrogens (primary N) is 1. The zero-order valence-corrected chi connectivity index (χ0v) is 11.3. The molecule has 0 fully saturated rings. The van der Waals surface area contributed by atoms with Gasteiger partial charge >= 0.3 is 0 Å². The van der Waals surface area contributed by atoms with Gasteiger partial charge < -0.3 is 15.8 Å². The van der Waals surface area contributed by atoms with Gasteiger partial charge in [-0.05, 0) is 23.6 Å². The molecule has 0 spiro atoms. The fourth-order valence-corrected chi connectivity index (χ4v) is 1.96. The first-order valence-electron chi connectivity index (χ1n) is 6.13. The number of hydrogen-bond acceptors (Lipinski definition) is 3. The van der Waals surface area contributed by atoms with E-state index in [9.17, 15) is 0 Å². The van der Waals surface area contributed by atoms with E-state index in [-0.39, 0.29) is 5.41 Å². The quantitative estimate of drug-likeness (QED) is 0.743. The van der Waals surface area contributed by atoms with Gasteiger partial charge in [-0.3, -0.25) is 0 Å². The summed E-state index contributed by atoms with van der Waals surface area (Å²) in [5, 5.41) is 3.20. The predicted molar refractivity (Wildman–Crippen MR) is 72.5 cm³/mol. The molecule has 0 saturated carbocycles. The van der Waals surface area contributed by atoms with Crippen LogP contribution in [0.3, 0.4) is 0 Å². The molecule has 3 N–H and O–H groups in total. The Kier molecular flexibility index (Phi) is 4.97. The van der Waals surface area contributed by atoms with E-state index >= 15 is 0 Å². The smallest absolute Gasteiger partial charge is 0.122 e. The molecule has 0 heterocycles. The minimum Gasteiger partial charge on any atom is -0.496 e. The highest BCUT2D eigenvalue weighted by Gasteiger charge is 2.20. The SMILES string of the molecule is CCc1cc(C(C)(C)CNCN)ccc1OC. The van der Waals surface area contributed by atoms with Gasteiger partial charge in [0.25, 0.3) is 0 Å². The van der Waals surface area contributed by atoms with E-state index < -0.39 is 0 Å². The lowest BCUT2D eigenvalue weighted by Crippen LogP contribution is -2.36. The van der Waals surface area contributed by atoms with Crippen molar-refractivity contribution in [3.63, 3.8) is 0 Å². The van der Waals surface area contributed by atoms with Crippen molar-refractivity contribution >= 4 is 0 Å². The van der Waals surface area contributed by atoms with Crippen molar-refractivity contribution in [1.29, 1.82) is 0 Å². The third-order valence-electron chi connectivity index (χ3n) is 3.15. The van der Waals surface area contributed by atoms with Gasteiger partial charge in [-0.2, -0.15) is 0 Å². The van der Waals surface area contributed by atoms with Crippen LogP contribution in [0.25, 0.3) is 0 Å². The van der Waals surface area contributed by atoms with Gasteiger partial charge in [0.2, 0.25) is 0 Å². The molecule has 17 heavy (non-hydrogen) atoms. The largest absolute Gasteiger partial charge is 0.496 e. The fourth-order valence-electron chi connectivity index (χ4n) is 1.96. The van der Waals surface area contributed by atoms with Gasteiger partial charge in [-0.1, -0.05) is 32.9 Å². The van der Waals surface area contributed by atoms with Gasteiger partial charge in [0.05, 0.1) is 7.11 Å². The van der Waals surface area contributed by atoms with Crippen LogP contribution in [0, 0.1) is 0 Å². The molecule has 0 unspecified atom stereocenters. The van der Waals surface area contributed by atoms with Crippen LogP contribution in [0.1, 0.15) is 31.9 Å². The minimum absolute atomic E-state index is 0.0789. The Morgan fingerprint density at radius 3 is 2.59 bits per heavy atom. The fraction of sp³-hybridized carbons (Fsp3) is 0.571. The molecule has 0 atom stereocenters. The molecule has 1 aromatic carbocycles. The average molecular weight is 236 g/mol. The van der Waals surface area contributed by atoms with E-state index in [0.717, 1.165) is 18.7 Å². The number of hydrogen-bond donors (Lipinski definition) is 2. The lowest BCUT2D eigenvalue weighted by molar-refractivity contribution is 0.408. The second-order valence-corrected chi connectivity index (χ2v) is 4.89. The standard InChI is InChI=1S/C14H24N2O/c1-5-11-8-12(6-7-13(11)17-4)14(2,3)9-16-10-15/h6-8,16H,5,9-10,15H2,1-4H3. The first kappa shape index (κ1) is 14.0. The van der Waals surface area contributed by atoms with Crippen LogP contribution in [0.2, 0.25) is 0 Å². The lowest BCUT2D eigenvalue weighted by atomic mass is 9.83. The Morgan fingerprint density at radius 1 is 1.35 bits per heavy atom. The molecule has 0 amide bonds. The van der Waals surface area contributed by atoms with Crippen LogP contribution in [0.4, 0.5) is 0 Å². The maximum Gasteiger partial charge on any atom is 0.122 e. The first-order valence-corrected chi connectivity index (χ1v) is 6.13. The zero-order chi connectivity index (χ0) is 12.9. The Bertz CT molecular complexity index is 361. The highest BCUT2D eigenvalue weighted by molar-refractivity contribution is 5.40. The number of methoxy groups -OCH3 is 1. The summed E-state index contributed by atoms with van der Waals surface area (Å²) in [6, 6.07) is 6.42. The summed E-state index contributed by atoms with van der Waals surface area (Å²) in [5.41, 5.74) is 8.13. The van der Waals surface area contributed by atoms with Gasteiger partial charge in [-0.15, -0.1) is 0 Å². The lowest BCUT2D eigenvalue weighted by Gasteiger charge is -2.26. The van der Waals surface area contributed by atoms with Gasteiger partial charge in [0, 0.05) is 18.6 Å². The van der Waals surface area contributed by atoms with Crippen LogP contribution >= 0.6 is 0 Å². The second-order valence-electron chi connectivity index (χ2n) is 4.89. The number of rotatable bonds is 6. The summed E-state index contributed by atoms with van der Waals surface area (Å²) in [4.78, 5) is 0. The Hall–Kier alpha value is -1.06. The summed E-state index contributed by atoms with van der Waals surface area (Å²) in [6.07, 6.45) is 0.984. The molecule has 0 bridgehead atoms. The van der Waals surface area contributed by atoms with Gasteiger partial charge in [0.15, 0.2) is 0 Å². The van der Waals surface area contributed by atoms with Crippen molar-refractivity contribution in [3.8, 4) is 5.75 Å². The molecule has 0 radical (unpaired) electrons.